The lowest BCUT2D eigenvalue weighted by Gasteiger charge is -2.30. The van der Waals surface area contributed by atoms with E-state index in [-0.39, 0.29) is 15.8 Å². The Morgan fingerprint density at radius 3 is 2.54 bits per heavy atom. The Morgan fingerprint density at radius 2 is 1.77 bits per heavy atom. The van der Waals surface area contributed by atoms with Crippen molar-refractivity contribution in [3.8, 4) is 0 Å². The second-order valence-corrected chi connectivity index (χ2v) is 8.46. The largest absolute Gasteiger partial charge is 0.345 e. The van der Waals surface area contributed by atoms with Crippen molar-refractivity contribution in [3.63, 3.8) is 0 Å². The zero-order valence-electron chi connectivity index (χ0n) is 14.5. The predicted octanol–water partition coefficient (Wildman–Crippen LogP) is 3.16. The molecule has 1 fully saturated rings. The summed E-state index contributed by atoms with van der Waals surface area (Å²) in [4.78, 5) is 15.1. The Bertz CT molecular complexity index is 997. The number of nitrogens with one attached hydrogen (secondary N) is 1. The molecule has 0 aromatic heterocycles. The normalized spacial score (nSPS) is 18.9. The minimum Gasteiger partial charge on any atom is -0.345 e. The third-order valence-corrected chi connectivity index (χ3v) is 6.83. The summed E-state index contributed by atoms with van der Waals surface area (Å²) in [6.07, 6.45) is 1.43. The summed E-state index contributed by atoms with van der Waals surface area (Å²) in [6, 6.07) is 16.1. The molecule has 0 spiro atoms. The average molecular weight is 368 g/mol. The number of fused-ring (bicyclic) bond motifs is 3. The van der Waals surface area contributed by atoms with Crippen LogP contribution in [0.3, 0.4) is 0 Å². The molecule has 0 bridgehead atoms. The number of carbonyl (C=O) groups is 1. The number of sulfone groups is 1. The second kappa shape index (κ2) is 6.29. The fourth-order valence-electron chi connectivity index (χ4n) is 3.69. The van der Waals surface area contributed by atoms with E-state index < -0.39 is 15.7 Å². The zero-order chi connectivity index (χ0) is 18.3. The first-order chi connectivity index (χ1) is 12.5. The summed E-state index contributed by atoms with van der Waals surface area (Å²) in [6.45, 7) is 2.58. The number of allylic oxidation sites excluding steroid dienone is 1. The third-order valence-electron chi connectivity index (χ3n) is 4.95. The predicted molar refractivity (Wildman–Crippen MR) is 100 cm³/mol. The van der Waals surface area contributed by atoms with Gasteiger partial charge in [-0.25, -0.2) is 8.42 Å². The summed E-state index contributed by atoms with van der Waals surface area (Å²) in [5, 5.41) is 2.86. The lowest BCUT2D eigenvalue weighted by molar-refractivity contribution is -0.117. The van der Waals surface area contributed by atoms with Gasteiger partial charge >= 0.3 is 0 Å². The van der Waals surface area contributed by atoms with Crippen LogP contribution >= 0.6 is 0 Å². The highest BCUT2D eigenvalue weighted by Crippen LogP contribution is 2.43. The Morgan fingerprint density at radius 1 is 1.08 bits per heavy atom. The average Bonchev–Trinajstić information content (AvgIpc) is 3.11. The van der Waals surface area contributed by atoms with E-state index in [9.17, 15) is 13.2 Å². The topological polar surface area (TPSA) is 66.5 Å². The van der Waals surface area contributed by atoms with Crippen molar-refractivity contribution in [2.75, 3.05) is 11.4 Å². The molecular weight excluding hydrogens is 348 g/mol. The van der Waals surface area contributed by atoms with Gasteiger partial charge < -0.3 is 10.2 Å². The Balaban J connectivity index is 1.74. The lowest BCUT2D eigenvalue weighted by Crippen LogP contribution is -2.36. The maximum Gasteiger partial charge on any atom is 0.265 e. The molecule has 2 heterocycles. The molecule has 1 N–H and O–H groups in total. The molecule has 4 rings (SSSR count). The SMILES string of the molecule is C[C@@H](NC(=O)C1=C2CCCN2c2ccccc2S1(=O)=O)c1ccccc1. The quantitative estimate of drug-likeness (QED) is 0.904. The number of benzene rings is 2. The van der Waals surface area contributed by atoms with Gasteiger partial charge in [-0.05, 0) is 37.5 Å². The molecule has 1 amide bonds. The second-order valence-electron chi connectivity index (χ2n) is 6.61. The van der Waals surface area contributed by atoms with Crippen LogP contribution in [0.25, 0.3) is 0 Å². The van der Waals surface area contributed by atoms with E-state index in [2.05, 4.69) is 5.32 Å². The van der Waals surface area contributed by atoms with Gasteiger partial charge in [0, 0.05) is 12.2 Å². The first-order valence-electron chi connectivity index (χ1n) is 8.71. The molecule has 26 heavy (non-hydrogen) atoms. The van der Waals surface area contributed by atoms with Gasteiger partial charge in [-0.15, -0.1) is 0 Å². The summed E-state index contributed by atoms with van der Waals surface area (Å²) in [7, 11) is -3.84. The lowest BCUT2D eigenvalue weighted by atomic mass is 10.1. The van der Waals surface area contributed by atoms with Crippen LogP contribution in [-0.2, 0) is 14.6 Å². The van der Waals surface area contributed by atoms with Gasteiger partial charge in [0.05, 0.1) is 16.6 Å². The molecule has 2 aliphatic rings. The molecule has 1 saturated heterocycles. The van der Waals surface area contributed by atoms with Crippen LogP contribution < -0.4 is 10.2 Å². The van der Waals surface area contributed by atoms with E-state index in [0.29, 0.717) is 17.8 Å². The number of carbonyl (C=O) groups excluding carboxylic acids is 1. The molecule has 0 saturated carbocycles. The van der Waals surface area contributed by atoms with Crippen molar-refractivity contribution in [1.29, 1.82) is 0 Å². The van der Waals surface area contributed by atoms with Gasteiger partial charge in [0.1, 0.15) is 0 Å². The Hall–Kier alpha value is -2.60. The first-order valence-corrected chi connectivity index (χ1v) is 10.2. The minimum atomic E-state index is -3.84. The van der Waals surface area contributed by atoms with Gasteiger partial charge in [-0.3, -0.25) is 4.79 Å². The maximum atomic E-state index is 13.2. The van der Waals surface area contributed by atoms with Gasteiger partial charge in [0.25, 0.3) is 5.91 Å². The molecule has 2 aromatic carbocycles. The van der Waals surface area contributed by atoms with Crippen molar-refractivity contribution >= 4 is 21.4 Å². The molecule has 2 aromatic rings. The summed E-state index contributed by atoms with van der Waals surface area (Å²) in [5.41, 5.74) is 2.22. The first kappa shape index (κ1) is 16.8. The van der Waals surface area contributed by atoms with E-state index in [1.165, 1.54) is 0 Å². The Labute approximate surface area is 153 Å². The number of amides is 1. The number of hydrogen-bond acceptors (Lipinski definition) is 4. The van der Waals surface area contributed by atoms with Crippen LogP contribution in [-0.4, -0.2) is 20.9 Å². The number of para-hydroxylation sites is 1. The molecule has 0 radical (unpaired) electrons. The summed E-state index contributed by atoms with van der Waals surface area (Å²) >= 11 is 0. The minimum absolute atomic E-state index is 0.100. The molecule has 1 atom stereocenters. The zero-order valence-corrected chi connectivity index (χ0v) is 15.3. The highest BCUT2D eigenvalue weighted by Gasteiger charge is 2.41. The summed E-state index contributed by atoms with van der Waals surface area (Å²) < 4.78 is 26.3. The van der Waals surface area contributed by atoms with Crippen LogP contribution in [0.2, 0.25) is 0 Å². The van der Waals surface area contributed by atoms with E-state index in [4.69, 9.17) is 0 Å². The maximum absolute atomic E-state index is 13.2. The van der Waals surface area contributed by atoms with Gasteiger partial charge in [0.15, 0.2) is 4.91 Å². The van der Waals surface area contributed by atoms with Crippen LogP contribution in [0.15, 0.2) is 70.1 Å². The molecule has 2 aliphatic heterocycles. The Kier molecular flexibility index (Phi) is 4.07. The van der Waals surface area contributed by atoms with Crippen molar-refractivity contribution in [1.82, 2.24) is 5.32 Å². The standard InChI is InChI=1S/C20H20N2O3S/c1-14(15-8-3-2-4-9-15)21-20(23)19-17-11-7-13-22(17)16-10-5-6-12-18(16)26(19,24)25/h2-6,8-10,12,14H,7,11,13H2,1H3,(H,21,23)/t14-/m1/s1. The van der Waals surface area contributed by atoms with Gasteiger partial charge in [-0.1, -0.05) is 42.5 Å². The fourth-order valence-corrected chi connectivity index (χ4v) is 5.45. The number of rotatable bonds is 3. The monoisotopic (exact) mass is 368 g/mol. The van der Waals surface area contributed by atoms with Crippen LogP contribution in [0.4, 0.5) is 5.69 Å². The van der Waals surface area contributed by atoms with Crippen LogP contribution in [0, 0.1) is 0 Å². The van der Waals surface area contributed by atoms with E-state index >= 15 is 0 Å². The third kappa shape index (κ3) is 2.61. The highest BCUT2D eigenvalue weighted by atomic mass is 32.2. The van der Waals surface area contributed by atoms with Crippen molar-refractivity contribution < 1.29 is 13.2 Å². The van der Waals surface area contributed by atoms with Crippen molar-refractivity contribution in [3.05, 3.63) is 70.8 Å². The molecular formula is C20H20N2O3S. The number of hydrogen-bond donors (Lipinski definition) is 1. The van der Waals surface area contributed by atoms with E-state index in [1.807, 2.05) is 48.2 Å². The smallest absolute Gasteiger partial charge is 0.265 e. The van der Waals surface area contributed by atoms with E-state index in [0.717, 1.165) is 18.5 Å². The fraction of sp³-hybridized carbons (Fsp3) is 0.250. The molecule has 0 aliphatic carbocycles. The van der Waals surface area contributed by atoms with Crippen molar-refractivity contribution in [2.45, 2.75) is 30.7 Å². The van der Waals surface area contributed by atoms with Crippen molar-refractivity contribution in [2.24, 2.45) is 0 Å². The molecule has 6 heteroatoms. The van der Waals surface area contributed by atoms with Gasteiger partial charge in [-0.2, -0.15) is 0 Å². The molecule has 134 valence electrons. The van der Waals surface area contributed by atoms with Crippen LogP contribution in [0.5, 0.6) is 0 Å². The molecule has 5 nitrogen and oxygen atoms in total. The van der Waals surface area contributed by atoms with E-state index in [1.54, 1.807) is 18.2 Å². The highest BCUT2D eigenvalue weighted by molar-refractivity contribution is 7.96. The molecule has 0 unspecified atom stereocenters. The summed E-state index contributed by atoms with van der Waals surface area (Å²) in [5.74, 6) is -0.530. The number of nitrogens with zero attached hydrogens (tertiary/aromatic N) is 1. The van der Waals surface area contributed by atoms with Gasteiger partial charge in [0.2, 0.25) is 9.84 Å². The van der Waals surface area contributed by atoms with Crippen LogP contribution in [0.1, 0.15) is 31.4 Å². The number of anilines is 1.